The van der Waals surface area contributed by atoms with Crippen molar-refractivity contribution in [1.29, 1.82) is 0 Å². The molecular weight excluding hydrogens is 206 g/mol. The van der Waals surface area contributed by atoms with Crippen molar-refractivity contribution in [1.82, 2.24) is 0 Å². The van der Waals surface area contributed by atoms with Crippen LogP contribution in [0.15, 0.2) is 18.2 Å². The maximum absolute atomic E-state index is 13.2. The molecular formula is C9H8F2N2O2. The summed E-state index contributed by atoms with van der Waals surface area (Å²) in [4.78, 5) is 9.28. The highest BCUT2D eigenvalue weighted by molar-refractivity contribution is 5.53. The number of nitrogens with two attached hydrogens (primary N) is 1. The molecule has 15 heavy (non-hydrogen) atoms. The molecule has 0 bridgehead atoms. The molecule has 0 aromatic heterocycles. The van der Waals surface area contributed by atoms with Crippen molar-refractivity contribution in [3.05, 3.63) is 45.5 Å². The van der Waals surface area contributed by atoms with Gasteiger partial charge in [0.2, 0.25) is 5.82 Å². The molecule has 0 aliphatic heterocycles. The second-order valence-corrected chi connectivity index (χ2v) is 2.72. The number of nitro benzene ring substituents is 1. The van der Waals surface area contributed by atoms with Gasteiger partial charge in [-0.15, -0.1) is 0 Å². The topological polar surface area (TPSA) is 69.2 Å². The summed E-state index contributed by atoms with van der Waals surface area (Å²) < 4.78 is 26.2. The molecule has 0 heterocycles. The molecule has 0 fully saturated rings. The molecule has 0 amide bonds. The Hall–Kier alpha value is -1.82. The van der Waals surface area contributed by atoms with Crippen LogP contribution < -0.4 is 5.73 Å². The van der Waals surface area contributed by atoms with Crippen LogP contribution in [0.4, 0.5) is 14.5 Å². The van der Waals surface area contributed by atoms with Gasteiger partial charge in [0.1, 0.15) is 5.82 Å². The molecule has 0 unspecified atom stereocenters. The third kappa shape index (κ3) is 2.57. The summed E-state index contributed by atoms with van der Waals surface area (Å²) in [6.07, 6.45) is 2.69. The molecule has 1 aromatic rings. The maximum Gasteiger partial charge on any atom is 0.307 e. The van der Waals surface area contributed by atoms with Crippen molar-refractivity contribution >= 4 is 11.8 Å². The van der Waals surface area contributed by atoms with Crippen LogP contribution >= 0.6 is 0 Å². The van der Waals surface area contributed by atoms with Crippen LogP contribution in [-0.2, 0) is 0 Å². The quantitative estimate of drug-likeness (QED) is 0.616. The lowest BCUT2D eigenvalue weighted by Gasteiger charge is -1.98. The maximum atomic E-state index is 13.2. The van der Waals surface area contributed by atoms with Gasteiger partial charge >= 0.3 is 5.69 Å². The lowest BCUT2D eigenvalue weighted by Crippen LogP contribution is -1.96. The third-order valence-corrected chi connectivity index (χ3v) is 1.70. The Labute approximate surface area is 84.2 Å². The zero-order valence-corrected chi connectivity index (χ0v) is 7.61. The van der Waals surface area contributed by atoms with Gasteiger partial charge in [-0.25, -0.2) is 4.39 Å². The molecule has 4 nitrogen and oxygen atoms in total. The van der Waals surface area contributed by atoms with E-state index in [1.54, 1.807) is 0 Å². The predicted octanol–water partition coefficient (Wildman–Crippen LogP) is 1.84. The standard InChI is InChI=1S/C9H8F2N2O2/c10-7-5-9(13(14)15)8(11)4-6(7)2-1-3-12/h1-2,4-5H,3,12H2. The van der Waals surface area contributed by atoms with Gasteiger partial charge in [-0.2, -0.15) is 4.39 Å². The molecule has 1 aromatic carbocycles. The van der Waals surface area contributed by atoms with E-state index in [1.165, 1.54) is 12.2 Å². The first-order chi connectivity index (χ1) is 7.06. The molecule has 80 valence electrons. The minimum absolute atomic E-state index is 0.0662. The number of benzene rings is 1. The van der Waals surface area contributed by atoms with E-state index in [0.717, 1.165) is 6.07 Å². The van der Waals surface area contributed by atoms with Gasteiger partial charge in [0.15, 0.2) is 0 Å². The van der Waals surface area contributed by atoms with Gasteiger partial charge in [-0.3, -0.25) is 10.1 Å². The van der Waals surface area contributed by atoms with E-state index >= 15 is 0 Å². The van der Waals surface area contributed by atoms with Gasteiger partial charge in [0, 0.05) is 12.1 Å². The van der Waals surface area contributed by atoms with Crippen molar-refractivity contribution in [2.24, 2.45) is 5.73 Å². The molecule has 2 N–H and O–H groups in total. The summed E-state index contributed by atoms with van der Waals surface area (Å²) in [5, 5.41) is 10.3. The SMILES string of the molecule is NCC=Cc1cc(F)c([N+](=O)[O-])cc1F. The minimum atomic E-state index is -1.07. The molecule has 0 atom stereocenters. The second-order valence-electron chi connectivity index (χ2n) is 2.72. The van der Waals surface area contributed by atoms with Crippen molar-refractivity contribution < 1.29 is 13.7 Å². The van der Waals surface area contributed by atoms with Gasteiger partial charge < -0.3 is 5.73 Å². The summed E-state index contributed by atoms with van der Waals surface area (Å²) in [5.74, 6) is -1.93. The van der Waals surface area contributed by atoms with Gasteiger partial charge in [0.25, 0.3) is 0 Å². The van der Waals surface area contributed by atoms with E-state index in [9.17, 15) is 18.9 Å². The Morgan fingerprint density at radius 2 is 2.07 bits per heavy atom. The first kappa shape index (κ1) is 11.3. The molecule has 0 saturated carbocycles. The molecule has 1 rings (SSSR count). The Morgan fingerprint density at radius 3 is 2.60 bits per heavy atom. The normalized spacial score (nSPS) is 10.9. The Bertz CT molecular complexity index is 419. The number of nitrogens with zero attached hydrogens (tertiary/aromatic N) is 1. The largest absolute Gasteiger partial charge is 0.327 e. The van der Waals surface area contributed by atoms with Crippen molar-refractivity contribution in [3.63, 3.8) is 0 Å². The van der Waals surface area contributed by atoms with Crippen LogP contribution in [0.2, 0.25) is 0 Å². The number of nitro groups is 1. The lowest BCUT2D eigenvalue weighted by molar-refractivity contribution is -0.387. The van der Waals surface area contributed by atoms with Crippen LogP contribution in [0.1, 0.15) is 5.56 Å². The van der Waals surface area contributed by atoms with Gasteiger partial charge in [-0.05, 0) is 6.07 Å². The van der Waals surface area contributed by atoms with Crippen LogP contribution in [0.5, 0.6) is 0 Å². The molecule has 0 saturated heterocycles. The van der Waals surface area contributed by atoms with E-state index in [2.05, 4.69) is 0 Å². The van der Waals surface area contributed by atoms with Crippen LogP contribution in [0, 0.1) is 21.7 Å². The Balaban J connectivity index is 3.19. The monoisotopic (exact) mass is 214 g/mol. The highest BCUT2D eigenvalue weighted by atomic mass is 19.1. The first-order valence-corrected chi connectivity index (χ1v) is 4.06. The average Bonchev–Trinajstić information content (AvgIpc) is 2.18. The Kier molecular flexibility index (Phi) is 3.46. The van der Waals surface area contributed by atoms with E-state index in [4.69, 9.17) is 5.73 Å². The van der Waals surface area contributed by atoms with Crippen molar-refractivity contribution in [3.8, 4) is 0 Å². The van der Waals surface area contributed by atoms with Crippen LogP contribution in [-0.4, -0.2) is 11.5 Å². The Morgan fingerprint density at radius 1 is 1.40 bits per heavy atom. The van der Waals surface area contributed by atoms with Crippen molar-refractivity contribution in [2.75, 3.05) is 6.54 Å². The van der Waals surface area contributed by atoms with Crippen LogP contribution in [0.25, 0.3) is 6.08 Å². The zero-order chi connectivity index (χ0) is 11.4. The summed E-state index contributed by atoms with van der Waals surface area (Å²) in [6.45, 7) is 0.179. The molecule has 0 spiro atoms. The highest BCUT2D eigenvalue weighted by Crippen LogP contribution is 2.21. The first-order valence-electron chi connectivity index (χ1n) is 4.06. The highest BCUT2D eigenvalue weighted by Gasteiger charge is 2.17. The zero-order valence-electron chi connectivity index (χ0n) is 7.61. The smallest absolute Gasteiger partial charge is 0.307 e. The number of hydrogen-bond acceptors (Lipinski definition) is 3. The molecule has 0 radical (unpaired) electrons. The van der Waals surface area contributed by atoms with E-state index in [-0.39, 0.29) is 12.1 Å². The van der Waals surface area contributed by atoms with Crippen molar-refractivity contribution in [2.45, 2.75) is 0 Å². The third-order valence-electron chi connectivity index (χ3n) is 1.70. The van der Waals surface area contributed by atoms with Crippen LogP contribution in [0.3, 0.4) is 0 Å². The molecule has 6 heteroatoms. The fraction of sp³-hybridized carbons (Fsp3) is 0.111. The average molecular weight is 214 g/mol. The molecule has 0 aliphatic rings. The van der Waals surface area contributed by atoms with E-state index < -0.39 is 22.2 Å². The van der Waals surface area contributed by atoms with Gasteiger partial charge in [-0.1, -0.05) is 12.2 Å². The summed E-state index contributed by atoms with van der Waals surface area (Å²) in [5.41, 5.74) is 4.19. The number of hydrogen-bond donors (Lipinski definition) is 1. The summed E-state index contributed by atoms with van der Waals surface area (Å²) >= 11 is 0. The van der Waals surface area contributed by atoms with Gasteiger partial charge in [0.05, 0.1) is 11.0 Å². The second kappa shape index (κ2) is 4.61. The number of rotatable bonds is 3. The molecule has 0 aliphatic carbocycles. The predicted molar refractivity (Wildman–Crippen MR) is 51.1 cm³/mol. The fourth-order valence-electron chi connectivity index (χ4n) is 1.01. The lowest BCUT2D eigenvalue weighted by atomic mass is 10.1. The minimum Gasteiger partial charge on any atom is -0.327 e. The van der Waals surface area contributed by atoms with E-state index in [0.29, 0.717) is 6.07 Å². The summed E-state index contributed by atoms with van der Waals surface area (Å²) in [6, 6.07) is 1.31. The number of halogens is 2. The fourth-order valence-corrected chi connectivity index (χ4v) is 1.01. The van der Waals surface area contributed by atoms with E-state index in [1.807, 2.05) is 0 Å². The summed E-state index contributed by atoms with van der Waals surface area (Å²) in [7, 11) is 0.